The maximum atomic E-state index is 5.65. The van der Waals surface area contributed by atoms with Gasteiger partial charge in [-0.3, -0.25) is 0 Å². The number of aromatic amines is 1. The zero-order valence-electron chi connectivity index (χ0n) is 9.95. The van der Waals surface area contributed by atoms with Crippen LogP contribution in [0.4, 0.5) is 0 Å². The fourth-order valence-electron chi connectivity index (χ4n) is 2.01. The lowest BCUT2D eigenvalue weighted by atomic mass is 10.2. The second-order valence-corrected chi connectivity index (χ2v) is 6.13. The van der Waals surface area contributed by atoms with E-state index in [0.29, 0.717) is 6.54 Å². The van der Waals surface area contributed by atoms with Crippen LogP contribution in [0.2, 0.25) is 0 Å². The standard InChI is InChI=1S/C14H11Br2N3/c15-10-4-9(5-11(16)6-10)14-18-12-2-1-8(7-17)3-13(12)19-14/h1-6H,7,17H2,(H,18,19). The molecule has 0 fully saturated rings. The minimum Gasteiger partial charge on any atom is -0.338 e. The van der Waals surface area contributed by atoms with E-state index >= 15 is 0 Å². The molecule has 0 amide bonds. The van der Waals surface area contributed by atoms with E-state index in [4.69, 9.17) is 5.73 Å². The summed E-state index contributed by atoms with van der Waals surface area (Å²) >= 11 is 6.98. The van der Waals surface area contributed by atoms with Crippen molar-refractivity contribution >= 4 is 42.9 Å². The predicted molar refractivity (Wildman–Crippen MR) is 84.8 cm³/mol. The first-order valence-corrected chi connectivity index (χ1v) is 7.39. The third-order valence-electron chi connectivity index (χ3n) is 2.92. The highest BCUT2D eigenvalue weighted by atomic mass is 79.9. The molecule has 0 atom stereocenters. The molecule has 3 nitrogen and oxygen atoms in total. The van der Waals surface area contributed by atoms with Crippen molar-refractivity contribution in [3.8, 4) is 11.4 Å². The molecule has 1 aromatic heterocycles. The number of nitrogens with two attached hydrogens (primary N) is 1. The number of halogens is 2. The zero-order chi connectivity index (χ0) is 13.4. The van der Waals surface area contributed by atoms with Crippen molar-refractivity contribution in [2.75, 3.05) is 0 Å². The first-order valence-electron chi connectivity index (χ1n) is 5.81. The number of aromatic nitrogens is 2. The van der Waals surface area contributed by atoms with E-state index in [1.807, 2.05) is 36.4 Å². The molecule has 19 heavy (non-hydrogen) atoms. The number of nitrogens with one attached hydrogen (secondary N) is 1. The van der Waals surface area contributed by atoms with E-state index < -0.39 is 0 Å². The van der Waals surface area contributed by atoms with Gasteiger partial charge in [-0.1, -0.05) is 37.9 Å². The van der Waals surface area contributed by atoms with Crippen LogP contribution >= 0.6 is 31.9 Å². The summed E-state index contributed by atoms with van der Waals surface area (Å²) in [4.78, 5) is 7.94. The average Bonchev–Trinajstić information content (AvgIpc) is 2.80. The SMILES string of the molecule is NCc1ccc2nc(-c3cc(Br)cc(Br)c3)[nH]c2c1. The van der Waals surface area contributed by atoms with E-state index in [1.54, 1.807) is 0 Å². The highest BCUT2D eigenvalue weighted by Gasteiger charge is 2.07. The number of hydrogen-bond acceptors (Lipinski definition) is 2. The molecule has 3 aromatic rings. The van der Waals surface area contributed by atoms with Crippen LogP contribution in [-0.2, 0) is 6.54 Å². The van der Waals surface area contributed by atoms with Gasteiger partial charge >= 0.3 is 0 Å². The second kappa shape index (κ2) is 5.07. The average molecular weight is 381 g/mol. The summed E-state index contributed by atoms with van der Waals surface area (Å²) < 4.78 is 2.03. The van der Waals surface area contributed by atoms with Crippen LogP contribution in [0.5, 0.6) is 0 Å². The van der Waals surface area contributed by atoms with Gasteiger partial charge in [-0.2, -0.15) is 0 Å². The monoisotopic (exact) mass is 379 g/mol. The van der Waals surface area contributed by atoms with E-state index in [-0.39, 0.29) is 0 Å². The third-order valence-corrected chi connectivity index (χ3v) is 3.83. The Kier molecular flexibility index (Phi) is 3.43. The Bertz CT molecular complexity index is 729. The molecule has 0 saturated heterocycles. The lowest BCUT2D eigenvalue weighted by Gasteiger charge is -1.99. The molecule has 0 spiro atoms. The number of benzene rings is 2. The van der Waals surface area contributed by atoms with E-state index in [9.17, 15) is 0 Å². The van der Waals surface area contributed by atoms with Crippen molar-refractivity contribution in [3.63, 3.8) is 0 Å². The van der Waals surface area contributed by atoms with Crippen LogP contribution in [0.3, 0.4) is 0 Å². The summed E-state index contributed by atoms with van der Waals surface area (Å²) in [6.45, 7) is 0.534. The van der Waals surface area contributed by atoms with Crippen molar-refractivity contribution < 1.29 is 0 Å². The molecule has 0 unspecified atom stereocenters. The van der Waals surface area contributed by atoms with E-state index in [1.165, 1.54) is 0 Å². The Labute approximate surface area is 127 Å². The van der Waals surface area contributed by atoms with Crippen LogP contribution in [0.25, 0.3) is 22.4 Å². The molecule has 0 saturated carbocycles. The first kappa shape index (κ1) is 12.8. The van der Waals surface area contributed by atoms with Gasteiger partial charge in [0, 0.05) is 21.1 Å². The van der Waals surface area contributed by atoms with Gasteiger partial charge in [0.25, 0.3) is 0 Å². The molecular formula is C14H11Br2N3. The molecule has 96 valence electrons. The van der Waals surface area contributed by atoms with Gasteiger partial charge in [0.15, 0.2) is 0 Å². The summed E-state index contributed by atoms with van der Waals surface area (Å²) in [6.07, 6.45) is 0. The number of imidazole rings is 1. The van der Waals surface area contributed by atoms with Gasteiger partial charge in [-0.25, -0.2) is 4.98 Å². The lowest BCUT2D eigenvalue weighted by Crippen LogP contribution is -1.95. The molecule has 2 aromatic carbocycles. The van der Waals surface area contributed by atoms with Crippen LogP contribution in [0.15, 0.2) is 45.3 Å². The first-order chi connectivity index (χ1) is 9.15. The summed E-state index contributed by atoms with van der Waals surface area (Å²) in [5, 5.41) is 0. The molecule has 0 bridgehead atoms. The van der Waals surface area contributed by atoms with E-state index in [2.05, 4.69) is 41.8 Å². The largest absolute Gasteiger partial charge is 0.338 e. The quantitative estimate of drug-likeness (QED) is 0.699. The summed E-state index contributed by atoms with van der Waals surface area (Å²) in [5.74, 6) is 0.853. The number of rotatable bonds is 2. The maximum absolute atomic E-state index is 5.65. The van der Waals surface area contributed by atoms with Crippen molar-refractivity contribution in [2.24, 2.45) is 5.73 Å². The Morgan fingerprint density at radius 1 is 1.05 bits per heavy atom. The molecule has 5 heteroatoms. The Hall–Kier alpha value is -1.17. The van der Waals surface area contributed by atoms with Gasteiger partial charge in [-0.05, 0) is 35.9 Å². The topological polar surface area (TPSA) is 54.7 Å². The summed E-state index contributed by atoms with van der Waals surface area (Å²) in [5.41, 5.74) is 9.74. The molecular weight excluding hydrogens is 370 g/mol. The van der Waals surface area contributed by atoms with Crippen LogP contribution in [0.1, 0.15) is 5.56 Å². The lowest BCUT2D eigenvalue weighted by molar-refractivity contribution is 1.07. The molecule has 0 aliphatic carbocycles. The van der Waals surface area contributed by atoms with Gasteiger partial charge in [-0.15, -0.1) is 0 Å². The highest BCUT2D eigenvalue weighted by Crippen LogP contribution is 2.27. The molecule has 3 rings (SSSR count). The molecule has 0 aliphatic rings. The Morgan fingerprint density at radius 2 is 1.79 bits per heavy atom. The summed E-state index contributed by atoms with van der Waals surface area (Å²) in [6, 6.07) is 12.1. The van der Waals surface area contributed by atoms with Crippen molar-refractivity contribution in [1.82, 2.24) is 9.97 Å². The Morgan fingerprint density at radius 3 is 2.47 bits per heavy atom. The smallest absolute Gasteiger partial charge is 0.138 e. The van der Waals surface area contributed by atoms with E-state index in [0.717, 1.165) is 36.9 Å². The van der Waals surface area contributed by atoms with Crippen LogP contribution in [-0.4, -0.2) is 9.97 Å². The Balaban J connectivity index is 2.14. The van der Waals surface area contributed by atoms with Gasteiger partial charge in [0.2, 0.25) is 0 Å². The normalized spacial score (nSPS) is 11.1. The van der Waals surface area contributed by atoms with Crippen molar-refractivity contribution in [1.29, 1.82) is 0 Å². The fourth-order valence-corrected chi connectivity index (χ4v) is 3.30. The zero-order valence-corrected chi connectivity index (χ0v) is 13.1. The van der Waals surface area contributed by atoms with Gasteiger partial charge < -0.3 is 10.7 Å². The minimum atomic E-state index is 0.534. The number of hydrogen-bond donors (Lipinski definition) is 2. The predicted octanol–water partition coefficient (Wildman–Crippen LogP) is 4.21. The van der Waals surface area contributed by atoms with Crippen molar-refractivity contribution in [3.05, 3.63) is 50.9 Å². The minimum absolute atomic E-state index is 0.534. The number of nitrogens with zero attached hydrogens (tertiary/aromatic N) is 1. The fraction of sp³-hybridized carbons (Fsp3) is 0.0714. The van der Waals surface area contributed by atoms with Crippen molar-refractivity contribution in [2.45, 2.75) is 6.54 Å². The highest BCUT2D eigenvalue weighted by molar-refractivity contribution is 9.11. The number of H-pyrrole nitrogens is 1. The second-order valence-electron chi connectivity index (χ2n) is 4.30. The number of fused-ring (bicyclic) bond motifs is 1. The molecule has 0 radical (unpaired) electrons. The third kappa shape index (κ3) is 2.59. The summed E-state index contributed by atoms with van der Waals surface area (Å²) in [7, 11) is 0. The van der Waals surface area contributed by atoms with Crippen LogP contribution < -0.4 is 5.73 Å². The van der Waals surface area contributed by atoms with Gasteiger partial charge in [0.1, 0.15) is 5.82 Å². The molecule has 0 aliphatic heterocycles. The molecule has 1 heterocycles. The molecule has 3 N–H and O–H groups in total. The van der Waals surface area contributed by atoms with Crippen LogP contribution in [0, 0.1) is 0 Å². The van der Waals surface area contributed by atoms with Gasteiger partial charge in [0.05, 0.1) is 11.0 Å². The maximum Gasteiger partial charge on any atom is 0.138 e.